The van der Waals surface area contributed by atoms with Crippen LogP contribution >= 0.6 is 0 Å². The molecule has 0 bridgehead atoms. The number of benzene rings is 1. The molecule has 0 unspecified atom stereocenters. The second-order valence-corrected chi connectivity index (χ2v) is 6.80. The Kier molecular flexibility index (Phi) is 5.73. The van der Waals surface area contributed by atoms with Crippen LogP contribution < -0.4 is 10.6 Å². The molecule has 2 N–H and O–H groups in total. The molecule has 1 aromatic rings. The molecule has 4 nitrogen and oxygen atoms in total. The number of amides is 1. The molecule has 1 saturated heterocycles. The van der Waals surface area contributed by atoms with Crippen LogP contribution in [0.15, 0.2) is 24.3 Å². The van der Waals surface area contributed by atoms with Crippen molar-refractivity contribution in [2.24, 2.45) is 0 Å². The van der Waals surface area contributed by atoms with Crippen molar-refractivity contribution in [1.29, 1.82) is 0 Å². The predicted octanol–water partition coefficient (Wildman–Crippen LogP) is 1.09. The zero-order valence-electron chi connectivity index (χ0n) is 11.9. The van der Waals surface area contributed by atoms with E-state index in [9.17, 15) is 9.00 Å². The summed E-state index contributed by atoms with van der Waals surface area (Å²) in [6, 6.07) is 7.90. The van der Waals surface area contributed by atoms with Crippen LogP contribution in [-0.4, -0.2) is 41.3 Å². The molecule has 110 valence electrons. The van der Waals surface area contributed by atoms with Gasteiger partial charge in [-0.3, -0.25) is 9.00 Å². The number of rotatable bonds is 5. The average Bonchev–Trinajstić information content (AvgIpc) is 2.47. The molecule has 0 aliphatic carbocycles. The van der Waals surface area contributed by atoms with Crippen molar-refractivity contribution in [2.75, 3.05) is 25.1 Å². The van der Waals surface area contributed by atoms with Gasteiger partial charge in [0.2, 0.25) is 0 Å². The van der Waals surface area contributed by atoms with Gasteiger partial charge in [-0.2, -0.15) is 0 Å². The number of carbonyl (C=O) groups is 1. The highest BCUT2D eigenvalue weighted by molar-refractivity contribution is 7.85. The Balaban J connectivity index is 1.99. The minimum Gasteiger partial charge on any atom is -0.349 e. The molecule has 1 aliphatic heterocycles. The molecule has 5 heteroatoms. The number of nitrogens with one attached hydrogen (secondary N) is 2. The summed E-state index contributed by atoms with van der Waals surface area (Å²) in [6.45, 7) is 0.854. The fourth-order valence-corrected chi connectivity index (χ4v) is 3.72. The highest BCUT2D eigenvalue weighted by Gasteiger charge is 2.20. The van der Waals surface area contributed by atoms with E-state index in [0.717, 1.165) is 36.9 Å². The van der Waals surface area contributed by atoms with Crippen molar-refractivity contribution < 1.29 is 9.00 Å². The first-order valence-corrected chi connectivity index (χ1v) is 8.58. The lowest BCUT2D eigenvalue weighted by molar-refractivity contribution is 0.0933. The third-order valence-electron chi connectivity index (χ3n) is 3.63. The monoisotopic (exact) mass is 294 g/mol. The van der Waals surface area contributed by atoms with E-state index in [-0.39, 0.29) is 11.9 Å². The number of carbonyl (C=O) groups excluding carboxylic acids is 1. The van der Waals surface area contributed by atoms with Crippen LogP contribution in [0, 0.1) is 0 Å². The van der Waals surface area contributed by atoms with Crippen LogP contribution in [-0.2, 0) is 17.2 Å². The smallest absolute Gasteiger partial charge is 0.251 e. The molecule has 1 aliphatic rings. The molecule has 0 radical (unpaired) electrons. The molecule has 1 aromatic carbocycles. The van der Waals surface area contributed by atoms with Gasteiger partial charge in [0.15, 0.2) is 0 Å². The van der Waals surface area contributed by atoms with Crippen molar-refractivity contribution in [1.82, 2.24) is 10.6 Å². The predicted molar refractivity (Wildman–Crippen MR) is 82.4 cm³/mol. The van der Waals surface area contributed by atoms with E-state index in [1.54, 1.807) is 0 Å². The van der Waals surface area contributed by atoms with Crippen molar-refractivity contribution in [3.8, 4) is 0 Å². The van der Waals surface area contributed by atoms with Gasteiger partial charge in [0.25, 0.3) is 5.91 Å². The molecular weight excluding hydrogens is 272 g/mol. The lowest BCUT2D eigenvalue weighted by Crippen LogP contribution is -2.39. The Morgan fingerprint density at radius 3 is 2.70 bits per heavy atom. The van der Waals surface area contributed by atoms with Gasteiger partial charge in [0.05, 0.1) is 0 Å². The van der Waals surface area contributed by atoms with Crippen molar-refractivity contribution in [3.05, 3.63) is 35.4 Å². The Morgan fingerprint density at radius 1 is 1.30 bits per heavy atom. The third-order valence-corrected chi connectivity index (χ3v) is 5.01. The first kappa shape index (κ1) is 15.2. The van der Waals surface area contributed by atoms with Crippen molar-refractivity contribution in [2.45, 2.75) is 25.3 Å². The molecule has 2 rings (SSSR count). The zero-order valence-corrected chi connectivity index (χ0v) is 12.7. The first-order chi connectivity index (χ1) is 9.70. The SMILES string of the molecule is CNCCc1ccccc1C(=O)NC1CCS(=O)CC1. The van der Waals surface area contributed by atoms with Crippen LogP contribution in [0.1, 0.15) is 28.8 Å². The van der Waals surface area contributed by atoms with Crippen LogP contribution in [0.4, 0.5) is 0 Å². The number of hydrogen-bond donors (Lipinski definition) is 2. The van der Waals surface area contributed by atoms with Gasteiger partial charge in [-0.15, -0.1) is 0 Å². The second-order valence-electron chi connectivity index (χ2n) is 5.11. The highest BCUT2D eigenvalue weighted by atomic mass is 32.2. The Bertz CT molecular complexity index is 481. The Hall–Kier alpha value is -1.20. The summed E-state index contributed by atoms with van der Waals surface area (Å²) < 4.78 is 11.3. The summed E-state index contributed by atoms with van der Waals surface area (Å²) >= 11 is 0. The molecule has 1 fully saturated rings. The summed E-state index contributed by atoms with van der Waals surface area (Å²) in [5.74, 6) is 1.40. The lowest BCUT2D eigenvalue weighted by atomic mass is 10.0. The molecule has 20 heavy (non-hydrogen) atoms. The van der Waals surface area contributed by atoms with Crippen LogP contribution in [0.25, 0.3) is 0 Å². The quantitative estimate of drug-likeness (QED) is 0.855. The first-order valence-electron chi connectivity index (χ1n) is 7.09. The third kappa shape index (κ3) is 4.15. The summed E-state index contributed by atoms with van der Waals surface area (Å²) in [6.07, 6.45) is 2.48. The van der Waals surface area contributed by atoms with E-state index in [4.69, 9.17) is 0 Å². The summed E-state index contributed by atoms with van der Waals surface area (Å²) in [5, 5.41) is 6.18. The maximum Gasteiger partial charge on any atom is 0.251 e. The fraction of sp³-hybridized carbons (Fsp3) is 0.533. The van der Waals surface area contributed by atoms with E-state index >= 15 is 0 Å². The number of likely N-dealkylation sites (N-methyl/N-ethyl adjacent to an activating group) is 1. The molecule has 0 spiro atoms. The van der Waals surface area contributed by atoms with Gasteiger partial charge in [-0.25, -0.2) is 0 Å². The summed E-state index contributed by atoms with van der Waals surface area (Å²) in [5.41, 5.74) is 1.83. The van der Waals surface area contributed by atoms with E-state index in [1.807, 2.05) is 31.3 Å². The van der Waals surface area contributed by atoms with Crippen LogP contribution in [0.2, 0.25) is 0 Å². The normalized spacial score (nSPS) is 22.4. The number of hydrogen-bond acceptors (Lipinski definition) is 3. The molecule has 0 saturated carbocycles. The minimum atomic E-state index is -0.688. The highest BCUT2D eigenvalue weighted by Crippen LogP contribution is 2.13. The van der Waals surface area contributed by atoms with Gasteiger partial charge in [-0.1, -0.05) is 18.2 Å². The zero-order chi connectivity index (χ0) is 14.4. The minimum absolute atomic E-state index is 0.00520. The molecule has 1 amide bonds. The molecule has 0 aromatic heterocycles. The average molecular weight is 294 g/mol. The second kappa shape index (κ2) is 7.55. The standard InChI is InChI=1S/C15H22N2O2S/c1-16-9-6-12-4-2-3-5-14(12)15(18)17-13-7-10-20(19)11-8-13/h2-5,13,16H,6-11H2,1H3,(H,17,18). The maximum absolute atomic E-state index is 12.4. The topological polar surface area (TPSA) is 58.2 Å². The van der Waals surface area contributed by atoms with Gasteiger partial charge in [0.1, 0.15) is 0 Å². The maximum atomic E-state index is 12.4. The van der Waals surface area contributed by atoms with Crippen molar-refractivity contribution >= 4 is 16.7 Å². The summed E-state index contributed by atoms with van der Waals surface area (Å²) in [4.78, 5) is 12.4. The van der Waals surface area contributed by atoms with E-state index in [2.05, 4.69) is 10.6 Å². The van der Waals surface area contributed by atoms with Gasteiger partial charge in [-0.05, 0) is 44.5 Å². The fourth-order valence-electron chi connectivity index (χ4n) is 2.42. The van der Waals surface area contributed by atoms with Crippen molar-refractivity contribution in [3.63, 3.8) is 0 Å². The van der Waals surface area contributed by atoms with Gasteiger partial charge >= 0.3 is 0 Å². The van der Waals surface area contributed by atoms with E-state index < -0.39 is 10.8 Å². The molecular formula is C15H22N2O2S. The van der Waals surface area contributed by atoms with Crippen LogP contribution in [0.5, 0.6) is 0 Å². The Morgan fingerprint density at radius 2 is 2.00 bits per heavy atom. The largest absolute Gasteiger partial charge is 0.349 e. The van der Waals surface area contributed by atoms with Crippen LogP contribution in [0.3, 0.4) is 0 Å². The summed E-state index contributed by atoms with van der Waals surface area (Å²) in [7, 11) is 1.22. The van der Waals surface area contributed by atoms with E-state index in [1.165, 1.54) is 0 Å². The lowest BCUT2D eigenvalue weighted by Gasteiger charge is -2.23. The van der Waals surface area contributed by atoms with Gasteiger partial charge in [0, 0.05) is 33.9 Å². The molecule has 1 heterocycles. The van der Waals surface area contributed by atoms with E-state index in [0.29, 0.717) is 11.5 Å². The van der Waals surface area contributed by atoms with Gasteiger partial charge < -0.3 is 10.6 Å². The Labute approximate surface area is 122 Å². The molecule has 0 atom stereocenters.